The van der Waals surface area contributed by atoms with Gasteiger partial charge < -0.3 is 11.1 Å². The van der Waals surface area contributed by atoms with Crippen molar-refractivity contribution in [1.82, 2.24) is 10.5 Å². The van der Waals surface area contributed by atoms with Crippen LogP contribution in [0.5, 0.6) is 0 Å². The molecule has 1 atom stereocenters. The predicted molar refractivity (Wildman–Crippen MR) is 110 cm³/mol. The minimum absolute atomic E-state index is 0.355. The standard InChI is InChI=1S/C22H22N4O3/c1-15(17-6-2-3-7-18(17)21(23)27)29-26-22(28)19-8-4-5-9-20(19)25-14-16-10-12-24-13-11-16/h2-13,15,25H,14H2,1H3,(H2,23,27)(H,26,28). The Balaban J connectivity index is 1.66. The molecule has 7 heteroatoms. The average Bonchev–Trinajstić information content (AvgIpc) is 2.76. The molecule has 0 saturated carbocycles. The summed E-state index contributed by atoms with van der Waals surface area (Å²) in [5.41, 5.74) is 11.0. The van der Waals surface area contributed by atoms with Crippen molar-refractivity contribution in [3.8, 4) is 0 Å². The van der Waals surface area contributed by atoms with E-state index in [0.717, 1.165) is 5.56 Å². The van der Waals surface area contributed by atoms with Gasteiger partial charge in [-0.2, -0.15) is 0 Å². The maximum atomic E-state index is 12.7. The number of aromatic nitrogens is 1. The first-order valence-corrected chi connectivity index (χ1v) is 9.12. The van der Waals surface area contributed by atoms with E-state index < -0.39 is 17.9 Å². The lowest BCUT2D eigenvalue weighted by molar-refractivity contribution is -0.00910. The summed E-state index contributed by atoms with van der Waals surface area (Å²) in [5, 5.41) is 3.25. The van der Waals surface area contributed by atoms with Crippen LogP contribution in [0.4, 0.5) is 5.69 Å². The van der Waals surface area contributed by atoms with Crippen LogP contribution >= 0.6 is 0 Å². The topological polar surface area (TPSA) is 106 Å². The molecule has 0 saturated heterocycles. The van der Waals surface area contributed by atoms with Crippen molar-refractivity contribution in [2.24, 2.45) is 5.73 Å². The summed E-state index contributed by atoms with van der Waals surface area (Å²) in [7, 11) is 0. The van der Waals surface area contributed by atoms with Gasteiger partial charge >= 0.3 is 0 Å². The molecular weight excluding hydrogens is 368 g/mol. The molecule has 2 aromatic carbocycles. The Kier molecular flexibility index (Phi) is 6.55. The van der Waals surface area contributed by atoms with Crippen LogP contribution < -0.4 is 16.5 Å². The highest BCUT2D eigenvalue weighted by molar-refractivity contribution is 5.99. The van der Waals surface area contributed by atoms with Crippen LogP contribution in [-0.2, 0) is 11.4 Å². The van der Waals surface area contributed by atoms with E-state index >= 15 is 0 Å². The third-order valence-corrected chi connectivity index (χ3v) is 4.40. The Bertz CT molecular complexity index is 992. The number of primary amides is 1. The van der Waals surface area contributed by atoms with Gasteiger partial charge in [0, 0.05) is 30.2 Å². The molecule has 2 amide bonds. The van der Waals surface area contributed by atoms with E-state index in [1.807, 2.05) is 24.3 Å². The number of nitrogens with one attached hydrogen (secondary N) is 2. The zero-order valence-corrected chi connectivity index (χ0v) is 16.0. The van der Waals surface area contributed by atoms with Crippen molar-refractivity contribution in [2.45, 2.75) is 19.6 Å². The van der Waals surface area contributed by atoms with Crippen molar-refractivity contribution < 1.29 is 14.4 Å². The number of anilines is 1. The first-order chi connectivity index (χ1) is 14.1. The molecule has 1 heterocycles. The van der Waals surface area contributed by atoms with E-state index in [1.54, 1.807) is 55.7 Å². The molecule has 4 N–H and O–H groups in total. The molecule has 0 bridgehead atoms. The summed E-state index contributed by atoms with van der Waals surface area (Å²) >= 11 is 0. The molecule has 3 aromatic rings. The Morgan fingerprint density at radius 1 is 1.00 bits per heavy atom. The molecule has 7 nitrogen and oxygen atoms in total. The molecule has 0 aliphatic rings. The molecule has 3 rings (SSSR count). The summed E-state index contributed by atoms with van der Waals surface area (Å²) in [4.78, 5) is 33.7. The maximum Gasteiger partial charge on any atom is 0.276 e. The Morgan fingerprint density at radius 2 is 1.66 bits per heavy atom. The number of amides is 2. The lowest BCUT2D eigenvalue weighted by atomic mass is 10.0. The molecule has 1 unspecified atom stereocenters. The Morgan fingerprint density at radius 3 is 2.38 bits per heavy atom. The van der Waals surface area contributed by atoms with Gasteiger partial charge in [-0.25, -0.2) is 5.48 Å². The molecule has 29 heavy (non-hydrogen) atoms. The van der Waals surface area contributed by atoms with Crippen LogP contribution in [0.15, 0.2) is 73.1 Å². The van der Waals surface area contributed by atoms with Gasteiger partial charge in [0.25, 0.3) is 5.91 Å². The number of nitrogens with two attached hydrogens (primary N) is 1. The number of para-hydroxylation sites is 1. The van der Waals surface area contributed by atoms with E-state index in [0.29, 0.717) is 28.9 Å². The first kappa shape index (κ1) is 20.0. The number of carbonyl (C=O) groups is 2. The van der Waals surface area contributed by atoms with Crippen LogP contribution in [0.25, 0.3) is 0 Å². The number of nitrogens with zero attached hydrogens (tertiary/aromatic N) is 1. The molecule has 148 valence electrons. The third-order valence-electron chi connectivity index (χ3n) is 4.40. The molecule has 0 spiro atoms. The van der Waals surface area contributed by atoms with Gasteiger partial charge in [-0.1, -0.05) is 30.3 Å². The van der Waals surface area contributed by atoms with Gasteiger partial charge in [0.1, 0.15) is 6.10 Å². The van der Waals surface area contributed by atoms with Crippen LogP contribution in [0, 0.1) is 0 Å². The third kappa shape index (κ3) is 5.18. The fourth-order valence-electron chi connectivity index (χ4n) is 2.87. The Hall–Kier alpha value is -3.71. The zero-order valence-electron chi connectivity index (χ0n) is 16.0. The van der Waals surface area contributed by atoms with Gasteiger partial charge in [-0.3, -0.25) is 19.4 Å². The molecule has 1 aromatic heterocycles. The molecular formula is C22H22N4O3. The van der Waals surface area contributed by atoms with Crippen LogP contribution in [0.1, 0.15) is 44.9 Å². The molecule has 0 fully saturated rings. The van der Waals surface area contributed by atoms with Gasteiger partial charge in [-0.15, -0.1) is 0 Å². The highest BCUT2D eigenvalue weighted by Gasteiger charge is 2.17. The SMILES string of the molecule is CC(ONC(=O)c1ccccc1NCc1ccncc1)c1ccccc1C(N)=O. The number of rotatable bonds is 8. The van der Waals surface area contributed by atoms with Crippen molar-refractivity contribution in [3.05, 3.63) is 95.3 Å². The zero-order chi connectivity index (χ0) is 20.6. The average molecular weight is 390 g/mol. The monoisotopic (exact) mass is 390 g/mol. The van der Waals surface area contributed by atoms with Crippen molar-refractivity contribution >= 4 is 17.5 Å². The second-order valence-corrected chi connectivity index (χ2v) is 6.40. The predicted octanol–water partition coefficient (Wildman–Crippen LogP) is 3.22. The van der Waals surface area contributed by atoms with E-state index in [2.05, 4.69) is 15.8 Å². The quantitative estimate of drug-likeness (QED) is 0.512. The lowest BCUT2D eigenvalue weighted by Crippen LogP contribution is -2.27. The normalized spacial score (nSPS) is 11.5. The second-order valence-electron chi connectivity index (χ2n) is 6.40. The summed E-state index contributed by atoms with van der Waals surface area (Å²) in [6.07, 6.45) is 2.88. The van der Waals surface area contributed by atoms with E-state index in [1.165, 1.54) is 0 Å². The van der Waals surface area contributed by atoms with Crippen LogP contribution in [-0.4, -0.2) is 16.8 Å². The fraction of sp³-hybridized carbons (Fsp3) is 0.136. The van der Waals surface area contributed by atoms with Crippen LogP contribution in [0.3, 0.4) is 0 Å². The number of hydrogen-bond donors (Lipinski definition) is 3. The largest absolute Gasteiger partial charge is 0.380 e. The van der Waals surface area contributed by atoms with E-state index in [9.17, 15) is 9.59 Å². The number of hydroxylamine groups is 1. The minimum atomic E-state index is -0.556. The smallest absolute Gasteiger partial charge is 0.276 e. The van der Waals surface area contributed by atoms with E-state index in [-0.39, 0.29) is 0 Å². The number of carbonyl (C=O) groups excluding carboxylic acids is 2. The van der Waals surface area contributed by atoms with E-state index in [4.69, 9.17) is 10.6 Å². The highest BCUT2D eigenvalue weighted by Crippen LogP contribution is 2.21. The summed E-state index contributed by atoms with van der Waals surface area (Å²) in [6.45, 7) is 2.28. The Labute approximate surface area is 168 Å². The molecule has 0 radical (unpaired) electrons. The highest BCUT2D eigenvalue weighted by atomic mass is 16.7. The first-order valence-electron chi connectivity index (χ1n) is 9.12. The maximum absolute atomic E-state index is 12.7. The fourth-order valence-corrected chi connectivity index (χ4v) is 2.87. The van der Waals surface area contributed by atoms with Crippen molar-refractivity contribution in [2.75, 3.05) is 5.32 Å². The van der Waals surface area contributed by atoms with Gasteiger partial charge in [-0.05, 0) is 48.4 Å². The summed E-state index contributed by atoms with van der Waals surface area (Å²) in [6, 6.07) is 17.8. The summed E-state index contributed by atoms with van der Waals surface area (Å²) < 4.78 is 0. The van der Waals surface area contributed by atoms with Gasteiger partial charge in [0.2, 0.25) is 5.91 Å². The van der Waals surface area contributed by atoms with Crippen molar-refractivity contribution in [3.63, 3.8) is 0 Å². The summed E-state index contributed by atoms with van der Waals surface area (Å²) in [5.74, 6) is -0.945. The molecule has 0 aliphatic carbocycles. The minimum Gasteiger partial charge on any atom is -0.380 e. The number of benzene rings is 2. The lowest BCUT2D eigenvalue weighted by Gasteiger charge is -2.17. The van der Waals surface area contributed by atoms with Crippen LogP contribution in [0.2, 0.25) is 0 Å². The number of hydrogen-bond acceptors (Lipinski definition) is 5. The van der Waals surface area contributed by atoms with Gasteiger partial charge in [0.15, 0.2) is 0 Å². The second kappa shape index (κ2) is 9.48. The van der Waals surface area contributed by atoms with Crippen molar-refractivity contribution in [1.29, 1.82) is 0 Å². The van der Waals surface area contributed by atoms with Gasteiger partial charge in [0.05, 0.1) is 5.56 Å². The molecule has 0 aliphatic heterocycles. The number of pyridine rings is 1.